The zero-order chi connectivity index (χ0) is 28.6. The van der Waals surface area contributed by atoms with Crippen molar-refractivity contribution in [3.05, 3.63) is 66.4 Å². The van der Waals surface area contributed by atoms with Crippen molar-refractivity contribution in [2.24, 2.45) is 17.8 Å². The zero-order valence-corrected chi connectivity index (χ0v) is 24.1. The minimum Gasteiger partial charge on any atom is -0.369 e. The summed E-state index contributed by atoms with van der Waals surface area (Å²) in [6.07, 6.45) is 13.5. The molecule has 2 aromatic rings. The fourth-order valence-corrected chi connectivity index (χ4v) is 8.63. The molecule has 9 unspecified atom stereocenters. The summed E-state index contributed by atoms with van der Waals surface area (Å²) in [6.45, 7) is 1.80. The Morgan fingerprint density at radius 1 is 1.10 bits per heavy atom. The van der Waals surface area contributed by atoms with Gasteiger partial charge in [0.15, 0.2) is 5.78 Å². The largest absolute Gasteiger partial charge is 0.369 e. The molecule has 0 bridgehead atoms. The highest BCUT2D eigenvalue weighted by Gasteiger charge is 2.60. The Bertz CT molecular complexity index is 1290. The van der Waals surface area contributed by atoms with Crippen molar-refractivity contribution in [1.29, 1.82) is 0 Å². The molecule has 3 heterocycles. The fraction of sp³-hybridized carbons (Fsp3) is 0.606. The van der Waals surface area contributed by atoms with Crippen LogP contribution in [0, 0.1) is 17.8 Å². The van der Waals surface area contributed by atoms with E-state index in [-0.39, 0.29) is 41.9 Å². The SMILES string of the molecule is O=C(NCc1ccccc1)C1=CN2C3C(CCC4CCCCC43)OC3C(NCCCn4ccnc4)C(F)CC(C1=O)C32. The third-order valence-corrected chi connectivity index (χ3v) is 10.6. The van der Waals surface area contributed by atoms with Crippen LogP contribution in [0.15, 0.2) is 60.8 Å². The molecule has 9 atom stereocenters. The first kappa shape index (κ1) is 27.8. The quantitative estimate of drug-likeness (QED) is 0.368. The highest BCUT2D eigenvalue weighted by Crippen LogP contribution is 2.51. The van der Waals surface area contributed by atoms with E-state index in [1.807, 2.05) is 47.3 Å². The van der Waals surface area contributed by atoms with Crippen LogP contribution in [0.2, 0.25) is 0 Å². The number of Topliss-reactive ketones (excluding diaryl/α,β-unsaturated/α-hetero) is 1. The van der Waals surface area contributed by atoms with Crippen molar-refractivity contribution < 1.29 is 18.7 Å². The topological polar surface area (TPSA) is 88.5 Å². The van der Waals surface area contributed by atoms with Crippen molar-refractivity contribution in [3.63, 3.8) is 0 Å². The molecule has 0 radical (unpaired) electrons. The van der Waals surface area contributed by atoms with Crippen LogP contribution < -0.4 is 10.6 Å². The number of imidazole rings is 1. The summed E-state index contributed by atoms with van der Waals surface area (Å²) < 4.78 is 24.9. The van der Waals surface area contributed by atoms with Gasteiger partial charge in [-0.3, -0.25) is 9.59 Å². The van der Waals surface area contributed by atoms with Crippen molar-refractivity contribution in [3.8, 4) is 0 Å². The van der Waals surface area contributed by atoms with Gasteiger partial charge in [0, 0.05) is 37.6 Å². The van der Waals surface area contributed by atoms with Crippen molar-refractivity contribution >= 4 is 11.7 Å². The average Bonchev–Trinajstić information content (AvgIpc) is 3.54. The van der Waals surface area contributed by atoms with Gasteiger partial charge in [-0.15, -0.1) is 0 Å². The predicted molar refractivity (Wildman–Crippen MR) is 156 cm³/mol. The molecule has 3 aliphatic carbocycles. The van der Waals surface area contributed by atoms with E-state index in [1.165, 1.54) is 19.3 Å². The molecule has 2 aliphatic heterocycles. The number of carbonyl (C=O) groups excluding carboxylic acids is 2. The Labute approximate surface area is 247 Å². The van der Waals surface area contributed by atoms with Gasteiger partial charge in [0.2, 0.25) is 0 Å². The number of ketones is 1. The molecule has 1 aromatic carbocycles. The molecule has 2 N–H and O–H groups in total. The number of nitrogens with one attached hydrogen (secondary N) is 2. The van der Waals surface area contributed by atoms with Gasteiger partial charge in [0.05, 0.1) is 42.2 Å². The van der Waals surface area contributed by atoms with E-state index in [0.717, 1.165) is 37.8 Å². The molecular weight excluding hydrogens is 533 g/mol. The van der Waals surface area contributed by atoms with Gasteiger partial charge in [-0.25, -0.2) is 9.37 Å². The number of aryl methyl sites for hydroxylation is 1. The van der Waals surface area contributed by atoms with E-state index in [1.54, 1.807) is 12.5 Å². The van der Waals surface area contributed by atoms with Gasteiger partial charge >= 0.3 is 0 Å². The molecule has 5 aliphatic rings. The Morgan fingerprint density at radius 3 is 2.79 bits per heavy atom. The molecule has 1 amide bonds. The maximum atomic E-state index is 16.0. The molecule has 8 nitrogen and oxygen atoms in total. The monoisotopic (exact) mass is 575 g/mol. The number of nitrogens with zero attached hydrogens (tertiary/aromatic N) is 3. The number of halogens is 1. The Morgan fingerprint density at radius 2 is 1.95 bits per heavy atom. The first-order valence-corrected chi connectivity index (χ1v) is 15.9. The maximum absolute atomic E-state index is 16.0. The minimum atomic E-state index is -1.23. The summed E-state index contributed by atoms with van der Waals surface area (Å²) in [5.74, 6) is -0.0861. The van der Waals surface area contributed by atoms with E-state index in [2.05, 4.69) is 20.5 Å². The third kappa shape index (κ3) is 5.19. The number of amides is 1. The van der Waals surface area contributed by atoms with Gasteiger partial charge in [0.1, 0.15) is 6.17 Å². The highest BCUT2D eigenvalue weighted by atomic mass is 19.1. The molecule has 3 saturated carbocycles. The van der Waals surface area contributed by atoms with Gasteiger partial charge in [-0.2, -0.15) is 0 Å². The number of hydrogen-bond donors (Lipinski definition) is 2. The molecule has 9 heteroatoms. The average molecular weight is 576 g/mol. The predicted octanol–water partition coefficient (Wildman–Crippen LogP) is 3.78. The number of fused-ring (bicyclic) bond motifs is 4. The minimum absolute atomic E-state index is 0.0233. The maximum Gasteiger partial charge on any atom is 0.256 e. The first-order valence-electron chi connectivity index (χ1n) is 15.9. The Balaban J connectivity index is 1.16. The Hall–Kier alpha value is -3.04. The van der Waals surface area contributed by atoms with E-state index in [4.69, 9.17) is 4.74 Å². The van der Waals surface area contributed by atoms with E-state index < -0.39 is 24.2 Å². The van der Waals surface area contributed by atoms with Crippen molar-refractivity contribution in [2.45, 2.75) is 101 Å². The van der Waals surface area contributed by atoms with Crippen LogP contribution in [-0.2, 0) is 27.4 Å². The van der Waals surface area contributed by atoms with Gasteiger partial charge in [-0.1, -0.05) is 49.6 Å². The number of hydrogen-bond acceptors (Lipinski definition) is 6. The van der Waals surface area contributed by atoms with Crippen LogP contribution in [0.3, 0.4) is 0 Å². The molecule has 4 fully saturated rings. The van der Waals surface area contributed by atoms with Gasteiger partial charge < -0.3 is 24.8 Å². The Kier molecular flexibility index (Phi) is 7.88. The van der Waals surface area contributed by atoms with Gasteiger partial charge in [0.25, 0.3) is 5.91 Å². The fourth-order valence-electron chi connectivity index (χ4n) is 8.63. The van der Waals surface area contributed by atoms with Crippen LogP contribution in [0.25, 0.3) is 0 Å². The molecule has 7 rings (SSSR count). The smallest absolute Gasteiger partial charge is 0.256 e. The van der Waals surface area contributed by atoms with Crippen molar-refractivity contribution in [1.82, 2.24) is 25.1 Å². The van der Waals surface area contributed by atoms with E-state index >= 15 is 4.39 Å². The van der Waals surface area contributed by atoms with Gasteiger partial charge in [-0.05, 0) is 56.0 Å². The lowest BCUT2D eigenvalue weighted by Gasteiger charge is -2.62. The normalized spacial score (nSPS) is 35.5. The summed E-state index contributed by atoms with van der Waals surface area (Å²) in [4.78, 5) is 33.9. The van der Waals surface area contributed by atoms with Crippen LogP contribution in [-0.4, -0.2) is 69.2 Å². The summed E-state index contributed by atoms with van der Waals surface area (Å²) in [7, 11) is 0. The van der Waals surface area contributed by atoms with Crippen molar-refractivity contribution in [2.75, 3.05) is 6.54 Å². The zero-order valence-electron chi connectivity index (χ0n) is 24.1. The molecule has 0 spiro atoms. The second-order valence-corrected chi connectivity index (χ2v) is 12.9. The molecular formula is C33H42FN5O3. The number of alkyl halides is 1. The first-order chi connectivity index (χ1) is 20.6. The number of rotatable bonds is 8. The standard InChI is InChI=1S/C33H42FN5O3/c34-26-17-24-30-32(28(26)36-13-6-15-38-16-14-35-20-38)42-27-12-11-22-9-4-5-10-23(22)29(27)39(30)19-25(31(24)40)33(41)37-18-21-7-2-1-3-8-21/h1-3,7-8,14,16,19-20,22-24,26-30,32,36H,4-6,9-13,15,17-18H2,(H,37,41). The molecule has 1 aromatic heterocycles. The number of carbonyl (C=O) groups is 2. The molecule has 42 heavy (non-hydrogen) atoms. The second-order valence-electron chi connectivity index (χ2n) is 12.9. The van der Waals surface area contributed by atoms with E-state index in [9.17, 15) is 9.59 Å². The molecule has 224 valence electrons. The van der Waals surface area contributed by atoms with Crippen LogP contribution in [0.4, 0.5) is 4.39 Å². The number of benzene rings is 1. The lowest BCUT2D eigenvalue weighted by atomic mass is 9.63. The summed E-state index contributed by atoms with van der Waals surface area (Å²) in [6, 6.07) is 9.07. The molecule has 1 saturated heterocycles. The van der Waals surface area contributed by atoms with Crippen LogP contribution in [0.1, 0.15) is 56.9 Å². The third-order valence-electron chi connectivity index (χ3n) is 10.6. The number of morpholine rings is 1. The second kappa shape index (κ2) is 11.9. The highest BCUT2D eigenvalue weighted by molar-refractivity contribution is 6.20. The summed E-state index contributed by atoms with van der Waals surface area (Å²) in [5.41, 5.74) is 1.14. The van der Waals surface area contributed by atoms with Crippen LogP contribution >= 0.6 is 0 Å². The van der Waals surface area contributed by atoms with Crippen LogP contribution in [0.5, 0.6) is 0 Å². The lowest BCUT2D eigenvalue weighted by molar-refractivity contribution is -0.215. The lowest BCUT2D eigenvalue weighted by Crippen LogP contribution is -2.74. The number of ether oxygens (including phenoxy) is 1. The summed E-state index contributed by atoms with van der Waals surface area (Å²) in [5, 5.41) is 6.45. The number of aromatic nitrogens is 2. The summed E-state index contributed by atoms with van der Waals surface area (Å²) >= 11 is 0. The van der Waals surface area contributed by atoms with E-state index in [0.29, 0.717) is 24.9 Å².